The highest BCUT2D eigenvalue weighted by Crippen LogP contribution is 2.30. The van der Waals surface area contributed by atoms with Crippen molar-refractivity contribution in [2.45, 2.75) is 12.7 Å². The van der Waals surface area contributed by atoms with Crippen molar-refractivity contribution in [3.8, 4) is 11.5 Å². The third-order valence-electron chi connectivity index (χ3n) is 2.09. The van der Waals surface area contributed by atoms with Crippen molar-refractivity contribution >= 4 is 0 Å². The Kier molecular flexibility index (Phi) is 4.45. The topological polar surface area (TPSA) is 70.5 Å². The van der Waals surface area contributed by atoms with E-state index in [1.165, 1.54) is 19.2 Å². The molecule has 90 valence electrons. The largest absolute Gasteiger partial charge is 0.493 e. The number of hydrogen-bond donors (Lipinski definition) is 2. The van der Waals surface area contributed by atoms with Gasteiger partial charge in [0.25, 0.3) is 0 Å². The fourth-order valence-electron chi connectivity index (χ4n) is 1.24. The lowest BCUT2D eigenvalue weighted by molar-refractivity contribution is -0.0512. The number of nitrogens with two attached hydrogens (primary N) is 2. The number of alkyl halides is 2. The Morgan fingerprint density at radius 2 is 2.00 bits per heavy atom. The molecule has 4 nitrogen and oxygen atoms in total. The maximum Gasteiger partial charge on any atom is 0.387 e. The van der Waals surface area contributed by atoms with Gasteiger partial charge in [-0.15, -0.1) is 0 Å². The minimum atomic E-state index is -2.89. The summed E-state index contributed by atoms with van der Waals surface area (Å²) in [6, 6.07) is 4.15. The summed E-state index contributed by atoms with van der Waals surface area (Å²) in [6.07, 6.45) is 0. The maximum atomic E-state index is 12.0. The van der Waals surface area contributed by atoms with E-state index in [4.69, 9.17) is 16.2 Å². The molecule has 0 saturated heterocycles. The van der Waals surface area contributed by atoms with Gasteiger partial charge in [-0.05, 0) is 17.7 Å². The van der Waals surface area contributed by atoms with E-state index in [2.05, 4.69) is 4.74 Å². The van der Waals surface area contributed by atoms with Crippen LogP contribution in [0.15, 0.2) is 18.2 Å². The summed E-state index contributed by atoms with van der Waals surface area (Å²) in [4.78, 5) is 0. The van der Waals surface area contributed by atoms with Crippen molar-refractivity contribution in [3.63, 3.8) is 0 Å². The SMILES string of the molecule is COc1cc([C@H](N)CN)ccc1OC(F)F. The van der Waals surface area contributed by atoms with E-state index < -0.39 is 6.61 Å². The molecule has 0 fully saturated rings. The molecule has 0 heterocycles. The summed E-state index contributed by atoms with van der Waals surface area (Å²) in [5.74, 6) is 0.187. The van der Waals surface area contributed by atoms with Gasteiger partial charge >= 0.3 is 6.61 Å². The number of benzene rings is 1. The van der Waals surface area contributed by atoms with E-state index >= 15 is 0 Å². The van der Waals surface area contributed by atoms with Crippen LogP contribution in [0.3, 0.4) is 0 Å². The van der Waals surface area contributed by atoms with Gasteiger partial charge in [-0.1, -0.05) is 6.07 Å². The Labute approximate surface area is 92.1 Å². The van der Waals surface area contributed by atoms with Crippen molar-refractivity contribution in [2.24, 2.45) is 11.5 Å². The minimum absolute atomic E-state index is 0.0227. The average molecular weight is 232 g/mol. The summed E-state index contributed by atoms with van der Waals surface area (Å²) >= 11 is 0. The van der Waals surface area contributed by atoms with Gasteiger partial charge in [-0.25, -0.2) is 0 Å². The molecule has 0 unspecified atom stereocenters. The molecule has 16 heavy (non-hydrogen) atoms. The standard InChI is InChI=1S/C10H14F2N2O2/c1-15-9-4-6(7(14)5-13)2-3-8(9)16-10(11)12/h2-4,7,10H,5,13-14H2,1H3/t7-/m1/s1. The van der Waals surface area contributed by atoms with Crippen LogP contribution >= 0.6 is 0 Å². The Hall–Kier alpha value is -1.40. The smallest absolute Gasteiger partial charge is 0.387 e. The fraction of sp³-hybridized carbons (Fsp3) is 0.400. The molecular weight excluding hydrogens is 218 g/mol. The van der Waals surface area contributed by atoms with E-state index in [9.17, 15) is 8.78 Å². The first-order valence-electron chi connectivity index (χ1n) is 4.67. The van der Waals surface area contributed by atoms with E-state index in [1.54, 1.807) is 6.07 Å². The second-order valence-corrected chi connectivity index (χ2v) is 3.13. The number of methoxy groups -OCH3 is 1. The molecule has 1 aromatic rings. The first-order valence-corrected chi connectivity index (χ1v) is 4.67. The van der Waals surface area contributed by atoms with Crippen LogP contribution in [-0.2, 0) is 0 Å². The highest BCUT2D eigenvalue weighted by atomic mass is 19.3. The molecule has 0 amide bonds. The molecule has 0 saturated carbocycles. The molecular formula is C10H14F2N2O2. The van der Waals surface area contributed by atoms with Gasteiger partial charge in [0.2, 0.25) is 0 Å². The number of rotatable bonds is 5. The van der Waals surface area contributed by atoms with Crippen LogP contribution in [0.25, 0.3) is 0 Å². The van der Waals surface area contributed by atoms with Gasteiger partial charge in [-0.3, -0.25) is 0 Å². The molecule has 1 aromatic carbocycles. The van der Waals surface area contributed by atoms with Crippen LogP contribution in [0.4, 0.5) is 8.78 Å². The Morgan fingerprint density at radius 3 is 2.50 bits per heavy atom. The van der Waals surface area contributed by atoms with Crippen molar-refractivity contribution in [2.75, 3.05) is 13.7 Å². The molecule has 6 heteroatoms. The van der Waals surface area contributed by atoms with Gasteiger partial charge in [0.1, 0.15) is 0 Å². The molecule has 0 bridgehead atoms. The highest BCUT2D eigenvalue weighted by molar-refractivity contribution is 5.43. The van der Waals surface area contributed by atoms with Gasteiger partial charge in [0.15, 0.2) is 11.5 Å². The molecule has 0 aliphatic heterocycles. The zero-order valence-corrected chi connectivity index (χ0v) is 8.82. The maximum absolute atomic E-state index is 12.0. The molecule has 0 radical (unpaired) electrons. The zero-order valence-electron chi connectivity index (χ0n) is 8.82. The first-order chi connectivity index (χ1) is 7.58. The summed E-state index contributed by atoms with van der Waals surface area (Å²) < 4.78 is 33.3. The number of hydrogen-bond acceptors (Lipinski definition) is 4. The first kappa shape index (κ1) is 12.7. The van der Waals surface area contributed by atoms with E-state index in [-0.39, 0.29) is 24.1 Å². The van der Waals surface area contributed by atoms with Crippen LogP contribution < -0.4 is 20.9 Å². The normalized spacial score (nSPS) is 12.6. The molecule has 1 atom stereocenters. The summed E-state index contributed by atoms with van der Waals surface area (Å²) in [7, 11) is 1.37. The number of halogens is 2. The summed E-state index contributed by atoms with van der Waals surface area (Å²) in [5, 5.41) is 0. The Balaban J connectivity index is 2.97. The monoisotopic (exact) mass is 232 g/mol. The molecule has 0 spiro atoms. The van der Waals surface area contributed by atoms with Crippen LogP contribution in [0.2, 0.25) is 0 Å². The van der Waals surface area contributed by atoms with Crippen LogP contribution in [0.5, 0.6) is 11.5 Å². The predicted octanol–water partition coefficient (Wildman–Crippen LogP) is 1.26. The predicted molar refractivity (Wildman–Crippen MR) is 55.6 cm³/mol. The lowest BCUT2D eigenvalue weighted by Crippen LogP contribution is -2.20. The molecule has 0 aliphatic carbocycles. The van der Waals surface area contributed by atoms with Crippen molar-refractivity contribution in [1.29, 1.82) is 0 Å². The quantitative estimate of drug-likeness (QED) is 0.801. The second-order valence-electron chi connectivity index (χ2n) is 3.13. The van der Waals surface area contributed by atoms with Crippen LogP contribution in [0.1, 0.15) is 11.6 Å². The van der Waals surface area contributed by atoms with E-state index in [1.807, 2.05) is 0 Å². The lowest BCUT2D eigenvalue weighted by Gasteiger charge is -2.14. The van der Waals surface area contributed by atoms with Crippen molar-refractivity contribution < 1.29 is 18.3 Å². The summed E-state index contributed by atoms with van der Waals surface area (Å²) in [5.41, 5.74) is 11.8. The average Bonchev–Trinajstić information content (AvgIpc) is 2.27. The van der Waals surface area contributed by atoms with Crippen LogP contribution in [-0.4, -0.2) is 20.3 Å². The molecule has 1 rings (SSSR count). The third kappa shape index (κ3) is 3.04. The Bertz CT molecular complexity index is 348. The molecule has 0 aromatic heterocycles. The van der Waals surface area contributed by atoms with Gasteiger partial charge < -0.3 is 20.9 Å². The third-order valence-corrected chi connectivity index (χ3v) is 2.09. The number of ether oxygens (including phenoxy) is 2. The van der Waals surface area contributed by atoms with Crippen molar-refractivity contribution in [1.82, 2.24) is 0 Å². The molecule has 4 N–H and O–H groups in total. The molecule has 0 aliphatic rings. The second kappa shape index (κ2) is 5.62. The minimum Gasteiger partial charge on any atom is -0.493 e. The van der Waals surface area contributed by atoms with E-state index in [0.29, 0.717) is 5.56 Å². The highest BCUT2D eigenvalue weighted by Gasteiger charge is 2.13. The zero-order chi connectivity index (χ0) is 12.1. The fourth-order valence-corrected chi connectivity index (χ4v) is 1.24. The lowest BCUT2D eigenvalue weighted by atomic mass is 10.1. The summed E-state index contributed by atoms with van der Waals surface area (Å²) in [6.45, 7) is -2.62. The Morgan fingerprint density at radius 1 is 1.31 bits per heavy atom. The van der Waals surface area contributed by atoms with Gasteiger partial charge in [-0.2, -0.15) is 8.78 Å². The van der Waals surface area contributed by atoms with Crippen molar-refractivity contribution in [3.05, 3.63) is 23.8 Å². The van der Waals surface area contributed by atoms with E-state index in [0.717, 1.165) is 0 Å². The van der Waals surface area contributed by atoms with Gasteiger partial charge in [0, 0.05) is 12.6 Å². The van der Waals surface area contributed by atoms with Crippen LogP contribution in [0, 0.1) is 0 Å². The van der Waals surface area contributed by atoms with Gasteiger partial charge in [0.05, 0.1) is 7.11 Å².